The molecule has 2 unspecified atom stereocenters. The highest BCUT2D eigenvalue weighted by molar-refractivity contribution is 5.76. The molecule has 2 aliphatic heterocycles. The molecule has 0 aromatic heterocycles. The molecule has 2 atom stereocenters. The van der Waals surface area contributed by atoms with Crippen LogP contribution in [0.15, 0.2) is 24.3 Å². The van der Waals surface area contributed by atoms with Crippen molar-refractivity contribution in [3.8, 4) is 5.75 Å². The lowest BCUT2D eigenvalue weighted by molar-refractivity contribution is -0.148. The van der Waals surface area contributed by atoms with Crippen LogP contribution in [-0.4, -0.2) is 48.7 Å². The molecule has 3 fully saturated rings. The summed E-state index contributed by atoms with van der Waals surface area (Å²) >= 11 is 0. The molecular weight excluding hydrogens is 346 g/mol. The third kappa shape index (κ3) is 3.60. The van der Waals surface area contributed by atoms with Gasteiger partial charge in [-0.05, 0) is 43.4 Å². The number of urea groups is 1. The number of amides is 3. The second kappa shape index (κ2) is 7.38. The van der Waals surface area contributed by atoms with Gasteiger partial charge in [0, 0.05) is 25.1 Å². The lowest BCUT2D eigenvalue weighted by atomic mass is 9.56. The molecule has 7 heteroatoms. The molecule has 1 aromatic rings. The molecule has 3 amide bonds. The second-order valence-electron chi connectivity index (χ2n) is 7.90. The first-order valence-electron chi connectivity index (χ1n) is 9.74. The molecular formula is C20H27N3O4. The highest BCUT2D eigenvalue weighted by Gasteiger charge is 2.60. The molecule has 27 heavy (non-hydrogen) atoms. The van der Waals surface area contributed by atoms with Gasteiger partial charge in [-0.25, -0.2) is 4.79 Å². The normalized spacial score (nSPS) is 25.6. The third-order valence-electron chi connectivity index (χ3n) is 6.10. The van der Waals surface area contributed by atoms with Crippen LogP contribution in [0.1, 0.15) is 37.7 Å². The average molecular weight is 373 g/mol. The van der Waals surface area contributed by atoms with Crippen LogP contribution in [-0.2, 0) is 16.1 Å². The van der Waals surface area contributed by atoms with Gasteiger partial charge in [0.25, 0.3) is 5.91 Å². The number of carbonyl (C=O) groups is 2. The maximum absolute atomic E-state index is 12.8. The number of nitrogens with zero attached hydrogens (tertiary/aromatic N) is 1. The van der Waals surface area contributed by atoms with Crippen LogP contribution in [0.5, 0.6) is 5.75 Å². The molecule has 1 spiro atoms. The Kier molecular flexibility index (Phi) is 4.95. The van der Waals surface area contributed by atoms with Gasteiger partial charge in [-0.2, -0.15) is 0 Å². The number of benzene rings is 1. The molecule has 3 N–H and O–H groups in total. The minimum absolute atomic E-state index is 0.0310. The van der Waals surface area contributed by atoms with Gasteiger partial charge in [0.05, 0.1) is 12.1 Å². The summed E-state index contributed by atoms with van der Waals surface area (Å²) < 4.78 is 11.2. The summed E-state index contributed by atoms with van der Waals surface area (Å²) in [4.78, 5) is 25.6. The van der Waals surface area contributed by atoms with Crippen molar-refractivity contribution < 1.29 is 19.1 Å². The van der Waals surface area contributed by atoms with E-state index in [1.807, 2.05) is 23.1 Å². The lowest BCUT2D eigenvalue weighted by Crippen LogP contribution is -2.73. The second-order valence-corrected chi connectivity index (χ2v) is 7.90. The van der Waals surface area contributed by atoms with E-state index in [-0.39, 0.29) is 24.8 Å². The zero-order chi connectivity index (χ0) is 18.9. The van der Waals surface area contributed by atoms with Gasteiger partial charge in [0.1, 0.15) is 5.75 Å². The fourth-order valence-corrected chi connectivity index (χ4v) is 4.66. The van der Waals surface area contributed by atoms with Gasteiger partial charge in [-0.15, -0.1) is 0 Å². The van der Waals surface area contributed by atoms with E-state index in [1.54, 1.807) is 6.07 Å². The number of hydrogen-bond donors (Lipinski definition) is 2. The predicted octanol–water partition coefficient (Wildman–Crippen LogP) is 1.79. The Hall–Kier alpha value is -2.28. The van der Waals surface area contributed by atoms with E-state index in [0.29, 0.717) is 17.7 Å². The predicted molar refractivity (Wildman–Crippen MR) is 99.1 cm³/mol. The number of likely N-dealkylation sites (tertiary alicyclic amines) is 1. The molecule has 146 valence electrons. The Balaban J connectivity index is 1.34. The number of ether oxygens (including phenoxy) is 2. The summed E-state index contributed by atoms with van der Waals surface area (Å²) in [5, 5.41) is 3.02. The molecule has 0 bridgehead atoms. The SMILES string of the molecule is NC(=O)COc1cccc(CNC(=O)N2CC3(CCC3)C2C2CCCO2)c1. The van der Waals surface area contributed by atoms with E-state index < -0.39 is 5.91 Å². The van der Waals surface area contributed by atoms with E-state index in [2.05, 4.69) is 5.32 Å². The average Bonchev–Trinajstić information content (AvgIpc) is 3.10. The number of rotatable bonds is 6. The van der Waals surface area contributed by atoms with Gasteiger partial charge >= 0.3 is 6.03 Å². The molecule has 7 nitrogen and oxygen atoms in total. The Labute approximate surface area is 159 Å². The van der Waals surface area contributed by atoms with Crippen molar-refractivity contribution in [1.29, 1.82) is 0 Å². The molecule has 4 rings (SSSR count). The van der Waals surface area contributed by atoms with E-state index in [9.17, 15) is 9.59 Å². The minimum atomic E-state index is -0.517. The number of nitrogens with one attached hydrogen (secondary N) is 1. The van der Waals surface area contributed by atoms with Crippen molar-refractivity contribution in [2.24, 2.45) is 11.1 Å². The topological polar surface area (TPSA) is 93.9 Å². The van der Waals surface area contributed by atoms with Crippen molar-refractivity contribution in [3.05, 3.63) is 29.8 Å². The summed E-state index contributed by atoms with van der Waals surface area (Å²) in [5.41, 5.74) is 6.31. The molecule has 1 aromatic carbocycles. The number of nitrogens with two attached hydrogens (primary N) is 1. The van der Waals surface area contributed by atoms with E-state index in [1.165, 1.54) is 19.3 Å². The highest BCUT2D eigenvalue weighted by atomic mass is 16.5. The number of carbonyl (C=O) groups excluding carboxylic acids is 2. The fraction of sp³-hybridized carbons (Fsp3) is 0.600. The van der Waals surface area contributed by atoms with Crippen molar-refractivity contribution in [3.63, 3.8) is 0 Å². The smallest absolute Gasteiger partial charge is 0.318 e. The van der Waals surface area contributed by atoms with Crippen LogP contribution in [0.4, 0.5) is 4.79 Å². The first-order valence-corrected chi connectivity index (χ1v) is 9.74. The number of primary amides is 1. The summed E-state index contributed by atoms with van der Waals surface area (Å²) in [7, 11) is 0. The fourth-order valence-electron chi connectivity index (χ4n) is 4.66. The minimum Gasteiger partial charge on any atom is -0.484 e. The Morgan fingerprint density at radius 1 is 1.33 bits per heavy atom. The summed E-state index contributed by atoms with van der Waals surface area (Å²) in [6.45, 7) is 1.90. The van der Waals surface area contributed by atoms with Gasteiger partial charge in [-0.3, -0.25) is 4.79 Å². The first-order chi connectivity index (χ1) is 13.1. The van der Waals surface area contributed by atoms with Crippen LogP contribution in [0.2, 0.25) is 0 Å². The zero-order valence-corrected chi connectivity index (χ0v) is 15.5. The maximum Gasteiger partial charge on any atom is 0.318 e. The first kappa shape index (κ1) is 18.1. The molecule has 3 aliphatic rings. The lowest BCUT2D eigenvalue weighted by Gasteiger charge is -2.63. The van der Waals surface area contributed by atoms with E-state index >= 15 is 0 Å². The van der Waals surface area contributed by atoms with Gasteiger partial charge in [0.15, 0.2) is 6.61 Å². The largest absolute Gasteiger partial charge is 0.484 e. The van der Waals surface area contributed by atoms with Crippen molar-refractivity contribution in [1.82, 2.24) is 10.2 Å². The van der Waals surface area contributed by atoms with Gasteiger partial charge in [-0.1, -0.05) is 18.6 Å². The van der Waals surface area contributed by atoms with Crippen LogP contribution in [0, 0.1) is 5.41 Å². The zero-order valence-electron chi connectivity index (χ0n) is 15.5. The molecule has 2 heterocycles. The molecule has 2 saturated heterocycles. The van der Waals surface area contributed by atoms with Gasteiger partial charge < -0.3 is 25.4 Å². The molecule has 0 radical (unpaired) electrons. The van der Waals surface area contributed by atoms with Crippen LogP contribution >= 0.6 is 0 Å². The van der Waals surface area contributed by atoms with Crippen molar-refractivity contribution in [2.75, 3.05) is 19.8 Å². The van der Waals surface area contributed by atoms with E-state index in [0.717, 1.165) is 31.6 Å². The standard InChI is InChI=1S/C20H27N3O4/c21-17(24)12-27-15-5-1-4-14(10-15)11-22-19(25)23-13-20(7-3-8-20)18(23)16-6-2-9-26-16/h1,4-5,10,16,18H,2-3,6-9,11-13H2,(H2,21,24)(H,22,25). The maximum atomic E-state index is 12.8. The summed E-state index contributed by atoms with van der Waals surface area (Å²) in [6, 6.07) is 7.51. The van der Waals surface area contributed by atoms with Crippen LogP contribution in [0.3, 0.4) is 0 Å². The van der Waals surface area contributed by atoms with Crippen molar-refractivity contribution in [2.45, 2.75) is 50.8 Å². The third-order valence-corrected chi connectivity index (χ3v) is 6.10. The molecule has 1 saturated carbocycles. The van der Waals surface area contributed by atoms with Crippen LogP contribution in [0.25, 0.3) is 0 Å². The quantitative estimate of drug-likeness (QED) is 0.795. The highest BCUT2D eigenvalue weighted by Crippen LogP contribution is 2.55. The van der Waals surface area contributed by atoms with E-state index in [4.69, 9.17) is 15.2 Å². The van der Waals surface area contributed by atoms with Crippen molar-refractivity contribution >= 4 is 11.9 Å². The Morgan fingerprint density at radius 3 is 2.85 bits per heavy atom. The Bertz CT molecular complexity index is 713. The van der Waals surface area contributed by atoms with Crippen LogP contribution < -0.4 is 15.8 Å². The monoisotopic (exact) mass is 373 g/mol. The summed E-state index contributed by atoms with van der Waals surface area (Å²) in [5.74, 6) is 0.0479. The van der Waals surface area contributed by atoms with Gasteiger partial charge in [0.2, 0.25) is 0 Å². The Morgan fingerprint density at radius 2 is 2.19 bits per heavy atom. The number of hydrogen-bond acceptors (Lipinski definition) is 4. The molecule has 1 aliphatic carbocycles. The summed E-state index contributed by atoms with van der Waals surface area (Å²) in [6.07, 6.45) is 6.01.